The lowest BCUT2D eigenvalue weighted by Crippen LogP contribution is -2.32. The molecule has 1 nitrogen and oxygen atoms in total. The van der Waals surface area contributed by atoms with Crippen molar-refractivity contribution in [1.29, 1.82) is 0 Å². The Labute approximate surface area is 127 Å². The van der Waals surface area contributed by atoms with Crippen LogP contribution in [0.15, 0.2) is 35.7 Å². The normalized spacial score (nSPS) is 17.2. The molecule has 19 heavy (non-hydrogen) atoms. The molecule has 1 atom stereocenters. The number of fused-ring (bicyclic) bond motifs is 1. The van der Waals surface area contributed by atoms with E-state index in [1.807, 2.05) is 35.6 Å². The predicted molar refractivity (Wildman–Crippen MR) is 83.3 cm³/mol. The van der Waals surface area contributed by atoms with Crippen molar-refractivity contribution in [1.82, 2.24) is 4.90 Å². The van der Waals surface area contributed by atoms with Crippen LogP contribution < -0.4 is 0 Å². The number of alkyl halides is 1. The Hall–Kier alpha value is -0.540. The molecule has 2 aromatic rings. The van der Waals surface area contributed by atoms with Gasteiger partial charge in [0.05, 0.1) is 5.38 Å². The summed E-state index contributed by atoms with van der Waals surface area (Å²) in [6.45, 7) is 2.94. The smallest absolute Gasteiger partial charge is 0.0726 e. The standard InChI is InChI=1S/C15H15Cl2NS/c16-13-4-2-1-3-12(13)14(17)10-18-7-5-15-11(9-18)6-8-19-15/h1-4,6,8,14H,5,7,9-10H2. The first kappa shape index (κ1) is 13.4. The fourth-order valence-corrected chi connectivity index (χ4v) is 4.12. The molecule has 1 aromatic heterocycles. The van der Waals surface area contributed by atoms with Crippen LogP contribution in [0.3, 0.4) is 0 Å². The summed E-state index contributed by atoms with van der Waals surface area (Å²) >= 11 is 14.6. The van der Waals surface area contributed by atoms with Gasteiger partial charge in [-0.05, 0) is 35.1 Å². The van der Waals surface area contributed by atoms with Gasteiger partial charge in [-0.15, -0.1) is 22.9 Å². The van der Waals surface area contributed by atoms with Crippen molar-refractivity contribution in [2.75, 3.05) is 13.1 Å². The molecule has 0 spiro atoms. The average Bonchev–Trinajstić information content (AvgIpc) is 2.86. The second kappa shape index (κ2) is 5.84. The monoisotopic (exact) mass is 311 g/mol. The van der Waals surface area contributed by atoms with E-state index in [-0.39, 0.29) is 5.38 Å². The summed E-state index contributed by atoms with van der Waals surface area (Å²) in [5, 5.41) is 2.89. The first-order chi connectivity index (χ1) is 9.24. The molecule has 1 unspecified atom stereocenters. The van der Waals surface area contributed by atoms with Crippen LogP contribution in [0.1, 0.15) is 21.4 Å². The van der Waals surface area contributed by atoms with E-state index in [9.17, 15) is 0 Å². The number of nitrogens with zero attached hydrogens (tertiary/aromatic N) is 1. The van der Waals surface area contributed by atoms with Gasteiger partial charge < -0.3 is 0 Å². The van der Waals surface area contributed by atoms with Crippen molar-refractivity contribution in [3.05, 3.63) is 56.7 Å². The molecule has 0 radical (unpaired) electrons. The van der Waals surface area contributed by atoms with Crippen molar-refractivity contribution >= 4 is 34.5 Å². The van der Waals surface area contributed by atoms with Gasteiger partial charge in [-0.1, -0.05) is 29.8 Å². The molecule has 0 bridgehead atoms. The zero-order valence-corrected chi connectivity index (χ0v) is 12.8. The fourth-order valence-electron chi connectivity index (χ4n) is 2.52. The number of rotatable bonds is 3. The molecule has 0 aliphatic carbocycles. The van der Waals surface area contributed by atoms with Crippen LogP contribution in [0.4, 0.5) is 0 Å². The van der Waals surface area contributed by atoms with Gasteiger partial charge in [0.25, 0.3) is 0 Å². The molecule has 3 rings (SSSR count). The lowest BCUT2D eigenvalue weighted by atomic mass is 10.1. The summed E-state index contributed by atoms with van der Waals surface area (Å²) in [6.07, 6.45) is 1.14. The predicted octanol–water partition coefficient (Wildman–Crippen LogP) is 4.74. The third-order valence-electron chi connectivity index (χ3n) is 3.55. The molecule has 0 amide bonds. The maximum Gasteiger partial charge on any atom is 0.0726 e. The van der Waals surface area contributed by atoms with Crippen molar-refractivity contribution in [2.45, 2.75) is 18.3 Å². The highest BCUT2D eigenvalue weighted by Gasteiger charge is 2.21. The molecule has 4 heteroatoms. The number of hydrogen-bond acceptors (Lipinski definition) is 2. The van der Waals surface area contributed by atoms with Gasteiger partial charge in [0.15, 0.2) is 0 Å². The van der Waals surface area contributed by atoms with E-state index in [0.29, 0.717) is 0 Å². The molecular weight excluding hydrogens is 297 g/mol. The summed E-state index contributed by atoms with van der Waals surface area (Å²) in [5.74, 6) is 0. The molecule has 2 heterocycles. The van der Waals surface area contributed by atoms with E-state index in [1.54, 1.807) is 0 Å². The summed E-state index contributed by atoms with van der Waals surface area (Å²) in [5.41, 5.74) is 2.49. The van der Waals surface area contributed by atoms with Gasteiger partial charge in [0, 0.05) is 29.5 Å². The summed E-state index contributed by atoms with van der Waals surface area (Å²) < 4.78 is 0. The zero-order chi connectivity index (χ0) is 13.2. The highest BCUT2D eigenvalue weighted by Crippen LogP contribution is 2.30. The number of benzene rings is 1. The Bertz CT molecular complexity index is 567. The van der Waals surface area contributed by atoms with E-state index < -0.39 is 0 Å². The van der Waals surface area contributed by atoms with Crippen LogP contribution >= 0.6 is 34.5 Å². The molecular formula is C15H15Cl2NS. The van der Waals surface area contributed by atoms with E-state index in [1.165, 1.54) is 10.4 Å². The van der Waals surface area contributed by atoms with Gasteiger partial charge >= 0.3 is 0 Å². The number of hydrogen-bond donors (Lipinski definition) is 0. The van der Waals surface area contributed by atoms with Gasteiger partial charge in [-0.2, -0.15) is 0 Å². The van der Waals surface area contributed by atoms with Gasteiger partial charge in [-0.25, -0.2) is 0 Å². The first-order valence-electron chi connectivity index (χ1n) is 6.40. The SMILES string of the molecule is Clc1ccccc1C(Cl)CN1CCc2sccc2C1. The van der Waals surface area contributed by atoms with Crippen LogP contribution in [-0.2, 0) is 13.0 Å². The second-order valence-electron chi connectivity index (χ2n) is 4.84. The molecule has 1 aliphatic heterocycles. The largest absolute Gasteiger partial charge is 0.297 e. The van der Waals surface area contributed by atoms with E-state index >= 15 is 0 Å². The Balaban J connectivity index is 1.68. The van der Waals surface area contributed by atoms with Crippen molar-refractivity contribution in [3.8, 4) is 0 Å². The van der Waals surface area contributed by atoms with Crippen molar-refractivity contribution < 1.29 is 0 Å². The van der Waals surface area contributed by atoms with Crippen LogP contribution in [0.2, 0.25) is 5.02 Å². The molecule has 100 valence electrons. The van der Waals surface area contributed by atoms with Crippen LogP contribution in [0.5, 0.6) is 0 Å². The van der Waals surface area contributed by atoms with Crippen LogP contribution in [0, 0.1) is 0 Å². The minimum Gasteiger partial charge on any atom is -0.297 e. The molecule has 0 N–H and O–H groups in total. The molecule has 0 saturated carbocycles. The minimum absolute atomic E-state index is 0.0473. The highest BCUT2D eigenvalue weighted by molar-refractivity contribution is 7.10. The quantitative estimate of drug-likeness (QED) is 0.740. The Morgan fingerprint density at radius 2 is 2.11 bits per heavy atom. The Morgan fingerprint density at radius 3 is 2.95 bits per heavy atom. The highest BCUT2D eigenvalue weighted by atomic mass is 35.5. The third-order valence-corrected chi connectivity index (χ3v) is 5.29. The Morgan fingerprint density at radius 1 is 1.26 bits per heavy atom. The fraction of sp³-hybridized carbons (Fsp3) is 0.333. The Kier molecular flexibility index (Phi) is 4.13. The lowest BCUT2D eigenvalue weighted by Gasteiger charge is -2.28. The number of thiophene rings is 1. The van der Waals surface area contributed by atoms with Crippen molar-refractivity contribution in [3.63, 3.8) is 0 Å². The van der Waals surface area contributed by atoms with Gasteiger partial charge in [0.2, 0.25) is 0 Å². The molecule has 0 saturated heterocycles. The number of halogens is 2. The van der Waals surface area contributed by atoms with E-state index in [2.05, 4.69) is 16.3 Å². The topological polar surface area (TPSA) is 3.24 Å². The van der Waals surface area contributed by atoms with E-state index in [0.717, 1.165) is 36.6 Å². The maximum absolute atomic E-state index is 6.52. The second-order valence-corrected chi connectivity index (χ2v) is 6.78. The van der Waals surface area contributed by atoms with Gasteiger partial charge in [0.1, 0.15) is 0 Å². The zero-order valence-electron chi connectivity index (χ0n) is 10.5. The minimum atomic E-state index is -0.0473. The van der Waals surface area contributed by atoms with Crippen molar-refractivity contribution in [2.24, 2.45) is 0 Å². The van der Waals surface area contributed by atoms with Crippen LogP contribution in [-0.4, -0.2) is 18.0 Å². The van der Waals surface area contributed by atoms with E-state index in [4.69, 9.17) is 23.2 Å². The van der Waals surface area contributed by atoms with Gasteiger partial charge in [-0.3, -0.25) is 4.90 Å². The lowest BCUT2D eigenvalue weighted by molar-refractivity contribution is 0.256. The summed E-state index contributed by atoms with van der Waals surface area (Å²) in [4.78, 5) is 3.94. The van der Waals surface area contributed by atoms with Crippen LogP contribution in [0.25, 0.3) is 0 Å². The third kappa shape index (κ3) is 2.97. The molecule has 1 aromatic carbocycles. The molecule has 1 aliphatic rings. The molecule has 0 fully saturated rings. The first-order valence-corrected chi connectivity index (χ1v) is 8.09. The summed E-state index contributed by atoms with van der Waals surface area (Å²) in [7, 11) is 0. The maximum atomic E-state index is 6.52. The average molecular weight is 312 g/mol. The summed E-state index contributed by atoms with van der Waals surface area (Å²) in [6, 6.07) is 10.1.